The molecule has 5 heteroatoms. The van der Waals surface area contributed by atoms with Crippen molar-refractivity contribution < 1.29 is 4.74 Å². The maximum Gasteiger partial charge on any atom is 0.124 e. The molecule has 5 nitrogen and oxygen atoms in total. The summed E-state index contributed by atoms with van der Waals surface area (Å²) in [5.41, 5.74) is 4.77. The molecule has 0 radical (unpaired) electrons. The van der Waals surface area contributed by atoms with Gasteiger partial charge in [-0.05, 0) is 12.1 Å². The van der Waals surface area contributed by atoms with E-state index in [1.54, 1.807) is 18.0 Å². The third-order valence-corrected chi connectivity index (χ3v) is 2.77. The number of aromatic nitrogens is 2. The van der Waals surface area contributed by atoms with E-state index in [-0.39, 0.29) is 6.04 Å². The molecule has 2 aromatic rings. The van der Waals surface area contributed by atoms with Gasteiger partial charge in [0, 0.05) is 18.8 Å². The molecule has 1 atom stereocenters. The fraction of sp³-hybridized carbons (Fsp3) is 0.250. The fourth-order valence-electron chi connectivity index (χ4n) is 1.91. The minimum atomic E-state index is -0.140. The number of hydrazine groups is 1. The molecule has 0 aliphatic heterocycles. The van der Waals surface area contributed by atoms with E-state index in [0.717, 1.165) is 17.0 Å². The SMILES string of the molecule is COc1ccccc1C(NN)c1ccnn1C. The van der Waals surface area contributed by atoms with Gasteiger partial charge in [0.2, 0.25) is 0 Å². The summed E-state index contributed by atoms with van der Waals surface area (Å²) in [6.45, 7) is 0. The van der Waals surface area contributed by atoms with Crippen molar-refractivity contribution in [1.29, 1.82) is 0 Å². The van der Waals surface area contributed by atoms with Crippen LogP contribution in [0.4, 0.5) is 0 Å². The largest absolute Gasteiger partial charge is 0.496 e. The molecule has 1 aromatic carbocycles. The zero-order valence-electron chi connectivity index (χ0n) is 9.92. The molecular formula is C12H16N4O. The van der Waals surface area contributed by atoms with E-state index in [1.807, 2.05) is 37.4 Å². The Hall–Kier alpha value is -1.85. The molecule has 0 aliphatic carbocycles. The molecule has 1 heterocycles. The molecule has 2 rings (SSSR count). The highest BCUT2D eigenvalue weighted by atomic mass is 16.5. The second-order valence-electron chi connectivity index (χ2n) is 3.72. The molecule has 1 unspecified atom stereocenters. The maximum absolute atomic E-state index is 5.64. The standard InChI is InChI=1S/C12H16N4O/c1-16-10(7-8-14-16)12(15-13)9-5-3-4-6-11(9)17-2/h3-8,12,15H,13H2,1-2H3. The van der Waals surface area contributed by atoms with Crippen molar-refractivity contribution in [3.63, 3.8) is 0 Å². The molecule has 90 valence electrons. The molecule has 0 amide bonds. The Bertz CT molecular complexity index is 495. The zero-order valence-corrected chi connectivity index (χ0v) is 9.92. The van der Waals surface area contributed by atoms with Crippen LogP contribution in [0, 0.1) is 0 Å². The molecule has 17 heavy (non-hydrogen) atoms. The molecule has 0 saturated carbocycles. The van der Waals surface area contributed by atoms with Crippen molar-refractivity contribution in [3.05, 3.63) is 47.8 Å². The number of aryl methyl sites for hydroxylation is 1. The van der Waals surface area contributed by atoms with Gasteiger partial charge in [0.25, 0.3) is 0 Å². The number of hydrogen-bond donors (Lipinski definition) is 2. The monoisotopic (exact) mass is 232 g/mol. The number of para-hydroxylation sites is 1. The summed E-state index contributed by atoms with van der Waals surface area (Å²) < 4.78 is 7.13. The minimum Gasteiger partial charge on any atom is -0.496 e. The van der Waals surface area contributed by atoms with Crippen LogP contribution in [0.1, 0.15) is 17.3 Å². The third kappa shape index (κ3) is 2.15. The molecule has 0 aliphatic rings. The van der Waals surface area contributed by atoms with Crippen LogP contribution in [-0.2, 0) is 7.05 Å². The molecule has 3 N–H and O–H groups in total. The Balaban J connectivity index is 2.46. The lowest BCUT2D eigenvalue weighted by molar-refractivity contribution is 0.402. The van der Waals surface area contributed by atoms with E-state index in [9.17, 15) is 0 Å². The number of nitrogens with two attached hydrogens (primary N) is 1. The van der Waals surface area contributed by atoms with Crippen molar-refractivity contribution in [2.24, 2.45) is 12.9 Å². The van der Waals surface area contributed by atoms with Gasteiger partial charge in [0.05, 0.1) is 18.8 Å². The highest BCUT2D eigenvalue weighted by Crippen LogP contribution is 2.28. The average Bonchev–Trinajstić information content (AvgIpc) is 2.78. The highest BCUT2D eigenvalue weighted by molar-refractivity contribution is 5.39. The minimum absolute atomic E-state index is 0.140. The van der Waals surface area contributed by atoms with Gasteiger partial charge in [-0.25, -0.2) is 5.43 Å². The van der Waals surface area contributed by atoms with Crippen LogP contribution in [0.3, 0.4) is 0 Å². The normalized spacial score (nSPS) is 12.4. The van der Waals surface area contributed by atoms with Gasteiger partial charge < -0.3 is 4.74 Å². The van der Waals surface area contributed by atoms with Crippen molar-refractivity contribution in [3.8, 4) is 5.75 Å². The number of hydrogen-bond acceptors (Lipinski definition) is 4. The van der Waals surface area contributed by atoms with Crippen molar-refractivity contribution in [2.45, 2.75) is 6.04 Å². The van der Waals surface area contributed by atoms with E-state index in [1.165, 1.54) is 0 Å². The number of rotatable bonds is 4. The first-order valence-electron chi connectivity index (χ1n) is 5.35. The first-order valence-corrected chi connectivity index (χ1v) is 5.35. The summed E-state index contributed by atoms with van der Waals surface area (Å²) in [6.07, 6.45) is 1.75. The molecule has 1 aromatic heterocycles. The first kappa shape index (κ1) is 11.6. The van der Waals surface area contributed by atoms with Crippen LogP contribution < -0.4 is 16.0 Å². The van der Waals surface area contributed by atoms with E-state index in [0.29, 0.717) is 0 Å². The van der Waals surface area contributed by atoms with E-state index >= 15 is 0 Å². The van der Waals surface area contributed by atoms with Crippen LogP contribution >= 0.6 is 0 Å². The number of nitrogens with one attached hydrogen (secondary N) is 1. The quantitative estimate of drug-likeness (QED) is 0.609. The van der Waals surface area contributed by atoms with Crippen LogP contribution in [0.2, 0.25) is 0 Å². The van der Waals surface area contributed by atoms with Gasteiger partial charge in [-0.15, -0.1) is 0 Å². The molecule has 0 fully saturated rings. The summed E-state index contributed by atoms with van der Waals surface area (Å²) in [5, 5.41) is 4.15. The summed E-state index contributed by atoms with van der Waals surface area (Å²) in [7, 11) is 3.53. The Labute approximate surface area is 100 Å². The van der Waals surface area contributed by atoms with Gasteiger partial charge >= 0.3 is 0 Å². The summed E-state index contributed by atoms with van der Waals surface area (Å²) >= 11 is 0. The number of methoxy groups -OCH3 is 1. The van der Waals surface area contributed by atoms with Gasteiger partial charge in [-0.1, -0.05) is 18.2 Å². The van der Waals surface area contributed by atoms with Gasteiger partial charge in [-0.2, -0.15) is 5.10 Å². The zero-order chi connectivity index (χ0) is 12.3. The average molecular weight is 232 g/mol. The van der Waals surface area contributed by atoms with Gasteiger partial charge in [-0.3, -0.25) is 10.5 Å². The third-order valence-electron chi connectivity index (χ3n) is 2.77. The van der Waals surface area contributed by atoms with Gasteiger partial charge in [0.1, 0.15) is 5.75 Å². The molecular weight excluding hydrogens is 216 g/mol. The smallest absolute Gasteiger partial charge is 0.124 e. The predicted molar refractivity (Wildman–Crippen MR) is 65.4 cm³/mol. The fourth-order valence-corrected chi connectivity index (χ4v) is 1.91. The lowest BCUT2D eigenvalue weighted by Crippen LogP contribution is -2.30. The lowest BCUT2D eigenvalue weighted by Gasteiger charge is -2.19. The summed E-state index contributed by atoms with van der Waals surface area (Å²) in [4.78, 5) is 0. The Morgan fingerprint density at radius 2 is 2.12 bits per heavy atom. The molecule has 0 spiro atoms. The Morgan fingerprint density at radius 1 is 1.35 bits per heavy atom. The van der Waals surface area contributed by atoms with E-state index < -0.39 is 0 Å². The lowest BCUT2D eigenvalue weighted by atomic mass is 10.0. The second kappa shape index (κ2) is 4.99. The van der Waals surface area contributed by atoms with Crippen LogP contribution in [0.5, 0.6) is 5.75 Å². The van der Waals surface area contributed by atoms with Crippen LogP contribution in [-0.4, -0.2) is 16.9 Å². The Kier molecular flexibility index (Phi) is 3.41. The van der Waals surface area contributed by atoms with Crippen LogP contribution in [0.15, 0.2) is 36.5 Å². The summed E-state index contributed by atoms with van der Waals surface area (Å²) in [5.74, 6) is 6.44. The molecule has 0 bridgehead atoms. The number of benzene rings is 1. The first-order chi connectivity index (χ1) is 8.27. The second-order valence-corrected chi connectivity index (χ2v) is 3.72. The Morgan fingerprint density at radius 3 is 2.71 bits per heavy atom. The van der Waals surface area contributed by atoms with Crippen molar-refractivity contribution >= 4 is 0 Å². The van der Waals surface area contributed by atoms with Crippen LogP contribution in [0.25, 0.3) is 0 Å². The summed E-state index contributed by atoms with van der Waals surface area (Å²) in [6, 6.07) is 9.57. The molecule has 0 saturated heterocycles. The van der Waals surface area contributed by atoms with Crippen molar-refractivity contribution in [1.82, 2.24) is 15.2 Å². The van der Waals surface area contributed by atoms with Crippen molar-refractivity contribution in [2.75, 3.05) is 7.11 Å². The topological polar surface area (TPSA) is 65.1 Å². The van der Waals surface area contributed by atoms with E-state index in [4.69, 9.17) is 10.6 Å². The maximum atomic E-state index is 5.64. The number of nitrogens with zero attached hydrogens (tertiary/aromatic N) is 2. The van der Waals surface area contributed by atoms with E-state index in [2.05, 4.69) is 10.5 Å². The number of ether oxygens (including phenoxy) is 1. The predicted octanol–water partition coefficient (Wildman–Crippen LogP) is 0.981. The van der Waals surface area contributed by atoms with Gasteiger partial charge in [0.15, 0.2) is 0 Å². The highest BCUT2D eigenvalue weighted by Gasteiger charge is 2.18.